The molecule has 1 saturated heterocycles. The van der Waals surface area contributed by atoms with Crippen molar-refractivity contribution in [1.29, 1.82) is 0 Å². The van der Waals surface area contributed by atoms with Crippen LogP contribution >= 0.6 is 0 Å². The Balaban J connectivity index is 2.08. The van der Waals surface area contributed by atoms with Crippen molar-refractivity contribution >= 4 is 17.9 Å². The molecule has 1 fully saturated rings. The van der Waals surface area contributed by atoms with E-state index in [4.69, 9.17) is 0 Å². The Morgan fingerprint density at radius 2 is 1.52 bits per heavy atom. The van der Waals surface area contributed by atoms with Crippen LogP contribution in [0, 0.1) is 0 Å². The Morgan fingerprint density at radius 3 is 2.03 bits per heavy atom. The summed E-state index contributed by atoms with van der Waals surface area (Å²) in [6, 6.07) is 9.06. The van der Waals surface area contributed by atoms with Crippen molar-refractivity contribution in [2.45, 2.75) is 32.5 Å². The minimum atomic E-state index is -0.254. The molecule has 2 rings (SSSR count). The second-order valence-electron chi connectivity index (χ2n) is 8.35. The number of hydrogen-bond acceptors (Lipinski definition) is 5. The number of hydrogen-bond donors (Lipinski definition) is 2. The van der Waals surface area contributed by atoms with Gasteiger partial charge in [-0.2, -0.15) is 0 Å². The lowest BCUT2D eigenvalue weighted by atomic mass is 10.1. The number of nitrogens with zero attached hydrogens (tertiary/aromatic N) is 3. The van der Waals surface area contributed by atoms with Crippen LogP contribution in [0.4, 0.5) is 0 Å². The van der Waals surface area contributed by atoms with Crippen LogP contribution in [0.25, 0.3) is 6.08 Å². The molecular weight excluding hydrogens is 366 g/mol. The summed E-state index contributed by atoms with van der Waals surface area (Å²) in [6.45, 7) is 7.36. The summed E-state index contributed by atoms with van der Waals surface area (Å²) < 4.78 is 0. The molecule has 7 heteroatoms. The van der Waals surface area contributed by atoms with Crippen LogP contribution in [0.1, 0.15) is 25.0 Å². The second kappa shape index (κ2) is 10.5. The van der Waals surface area contributed by atoms with Crippen LogP contribution in [-0.4, -0.2) is 86.4 Å². The molecule has 0 saturated carbocycles. The molecule has 1 heterocycles. The summed E-state index contributed by atoms with van der Waals surface area (Å²) in [5, 5.41) is 5.18. The van der Waals surface area contributed by atoms with Gasteiger partial charge in [0.05, 0.1) is 6.54 Å². The number of nitrogens with one attached hydrogen (secondary N) is 2. The topological polar surface area (TPSA) is 67.9 Å². The summed E-state index contributed by atoms with van der Waals surface area (Å²) in [4.78, 5) is 30.3. The molecule has 29 heavy (non-hydrogen) atoms. The van der Waals surface area contributed by atoms with E-state index in [2.05, 4.69) is 79.5 Å². The zero-order valence-corrected chi connectivity index (χ0v) is 18.5. The lowest BCUT2D eigenvalue weighted by Gasteiger charge is -2.33. The minimum Gasteiger partial charge on any atom is -0.342 e. The first-order valence-corrected chi connectivity index (χ1v) is 10.1. The van der Waals surface area contributed by atoms with Gasteiger partial charge < -0.3 is 20.4 Å². The van der Waals surface area contributed by atoms with Gasteiger partial charge >= 0.3 is 0 Å². The molecule has 1 aromatic carbocycles. The second-order valence-corrected chi connectivity index (χ2v) is 8.35. The lowest BCUT2D eigenvalue weighted by molar-refractivity contribution is -0.127. The Kier molecular flexibility index (Phi) is 8.37. The van der Waals surface area contributed by atoms with Crippen LogP contribution in [-0.2, 0) is 16.1 Å². The van der Waals surface area contributed by atoms with Gasteiger partial charge in [-0.05, 0) is 59.2 Å². The number of carbonyl (C=O) groups is 2. The highest BCUT2D eigenvalue weighted by atomic mass is 16.2. The van der Waals surface area contributed by atoms with E-state index in [1.807, 2.05) is 12.1 Å². The molecule has 0 aliphatic carbocycles. The van der Waals surface area contributed by atoms with Gasteiger partial charge in [0.2, 0.25) is 5.91 Å². The van der Waals surface area contributed by atoms with Gasteiger partial charge in [-0.25, -0.2) is 0 Å². The van der Waals surface area contributed by atoms with E-state index in [9.17, 15) is 9.59 Å². The molecule has 7 nitrogen and oxygen atoms in total. The smallest absolute Gasteiger partial charge is 0.268 e. The van der Waals surface area contributed by atoms with Crippen LogP contribution in [0.3, 0.4) is 0 Å². The molecule has 0 aromatic heterocycles. The van der Waals surface area contributed by atoms with Crippen molar-refractivity contribution in [3.05, 3.63) is 41.1 Å². The minimum absolute atomic E-state index is 0.0295. The van der Waals surface area contributed by atoms with Crippen molar-refractivity contribution < 1.29 is 9.59 Å². The third kappa shape index (κ3) is 7.27. The molecular formula is C22H35N5O2. The van der Waals surface area contributed by atoms with Crippen molar-refractivity contribution in [2.24, 2.45) is 0 Å². The van der Waals surface area contributed by atoms with Gasteiger partial charge in [0, 0.05) is 31.7 Å². The van der Waals surface area contributed by atoms with Gasteiger partial charge in [-0.3, -0.25) is 14.5 Å². The standard InChI is InChI=1S/C22H35N5O2/c1-16(25(3)4)13-27(14-17(2)26(5)6)15-19-9-7-18(8-10-19)11-20-22(29)23-12-21(28)24-20/h7-11,16-17H,12-15H2,1-6H3,(H,23,29)(H,24,28). The van der Waals surface area contributed by atoms with Crippen molar-refractivity contribution in [3.63, 3.8) is 0 Å². The van der Waals surface area contributed by atoms with E-state index in [0.717, 1.165) is 25.2 Å². The third-order valence-corrected chi connectivity index (χ3v) is 5.43. The third-order valence-electron chi connectivity index (χ3n) is 5.43. The zero-order chi connectivity index (χ0) is 21.6. The van der Waals surface area contributed by atoms with Gasteiger partial charge in [-0.1, -0.05) is 24.3 Å². The molecule has 1 aromatic rings. The number of piperazine rings is 1. The monoisotopic (exact) mass is 401 g/mol. The van der Waals surface area contributed by atoms with Crippen molar-refractivity contribution in [1.82, 2.24) is 25.3 Å². The highest BCUT2D eigenvalue weighted by molar-refractivity contribution is 6.05. The SMILES string of the molecule is CC(CN(Cc1ccc(C=C2NC(=O)CNC2=O)cc1)CC(C)N(C)C)N(C)C. The molecule has 2 N–H and O–H groups in total. The first kappa shape index (κ1) is 23.1. The van der Waals surface area contributed by atoms with E-state index in [1.54, 1.807) is 6.08 Å². The van der Waals surface area contributed by atoms with E-state index >= 15 is 0 Å². The number of rotatable bonds is 9. The highest BCUT2D eigenvalue weighted by Gasteiger charge is 2.19. The molecule has 1 aliphatic rings. The van der Waals surface area contributed by atoms with Crippen molar-refractivity contribution in [3.8, 4) is 0 Å². The number of amides is 2. The van der Waals surface area contributed by atoms with Gasteiger partial charge in [0.15, 0.2) is 0 Å². The molecule has 160 valence electrons. The predicted molar refractivity (Wildman–Crippen MR) is 117 cm³/mol. The maximum atomic E-state index is 11.9. The molecule has 2 amide bonds. The largest absolute Gasteiger partial charge is 0.342 e. The predicted octanol–water partition coefficient (Wildman–Crippen LogP) is 0.976. The fraction of sp³-hybridized carbons (Fsp3) is 0.545. The first-order chi connectivity index (χ1) is 13.7. The highest BCUT2D eigenvalue weighted by Crippen LogP contribution is 2.13. The van der Waals surface area contributed by atoms with Gasteiger partial charge in [0.25, 0.3) is 5.91 Å². The van der Waals surface area contributed by atoms with Gasteiger partial charge in [0.1, 0.15) is 5.70 Å². The van der Waals surface area contributed by atoms with Crippen LogP contribution in [0.5, 0.6) is 0 Å². The van der Waals surface area contributed by atoms with E-state index in [-0.39, 0.29) is 24.1 Å². The normalized spacial score (nSPS) is 18.3. The summed E-state index contributed by atoms with van der Waals surface area (Å²) >= 11 is 0. The Hall–Kier alpha value is -2.22. The number of benzene rings is 1. The quantitative estimate of drug-likeness (QED) is 0.604. The maximum absolute atomic E-state index is 11.9. The average Bonchev–Trinajstić information content (AvgIpc) is 2.65. The van der Waals surface area contributed by atoms with E-state index in [1.165, 1.54) is 5.56 Å². The summed E-state index contributed by atoms with van der Waals surface area (Å²) in [5.41, 5.74) is 2.40. The summed E-state index contributed by atoms with van der Waals surface area (Å²) in [5.74, 6) is -0.455. The molecule has 2 unspecified atom stereocenters. The number of carbonyl (C=O) groups excluding carboxylic acids is 2. The van der Waals surface area contributed by atoms with Gasteiger partial charge in [-0.15, -0.1) is 0 Å². The molecule has 0 spiro atoms. The van der Waals surface area contributed by atoms with Crippen LogP contribution in [0.15, 0.2) is 30.0 Å². The lowest BCUT2D eigenvalue weighted by Crippen LogP contribution is -2.46. The zero-order valence-electron chi connectivity index (χ0n) is 18.5. The van der Waals surface area contributed by atoms with E-state index < -0.39 is 0 Å². The molecule has 1 aliphatic heterocycles. The molecule has 0 radical (unpaired) electrons. The average molecular weight is 402 g/mol. The van der Waals surface area contributed by atoms with Crippen LogP contribution < -0.4 is 10.6 Å². The fourth-order valence-corrected chi connectivity index (χ4v) is 3.03. The summed E-state index contributed by atoms with van der Waals surface area (Å²) in [6.07, 6.45) is 1.70. The maximum Gasteiger partial charge on any atom is 0.268 e. The molecule has 0 bridgehead atoms. The van der Waals surface area contributed by atoms with E-state index in [0.29, 0.717) is 12.1 Å². The number of likely N-dealkylation sites (N-methyl/N-ethyl adjacent to an activating group) is 2. The molecule has 2 atom stereocenters. The first-order valence-electron chi connectivity index (χ1n) is 10.1. The fourth-order valence-electron chi connectivity index (χ4n) is 3.03. The van der Waals surface area contributed by atoms with Crippen molar-refractivity contribution in [2.75, 3.05) is 47.8 Å². The Morgan fingerprint density at radius 1 is 0.966 bits per heavy atom. The Labute approximate surface area is 174 Å². The summed E-state index contributed by atoms with van der Waals surface area (Å²) in [7, 11) is 8.45. The Bertz CT molecular complexity index is 711. The van der Waals surface area contributed by atoms with Crippen LogP contribution in [0.2, 0.25) is 0 Å².